The smallest absolute Gasteiger partial charge is 0.410 e. The van der Waals surface area contributed by atoms with Crippen molar-refractivity contribution in [1.82, 2.24) is 10.2 Å². The van der Waals surface area contributed by atoms with E-state index in [0.29, 0.717) is 12.5 Å². The van der Waals surface area contributed by atoms with Gasteiger partial charge in [0.2, 0.25) is 0 Å². The predicted molar refractivity (Wildman–Crippen MR) is 92.6 cm³/mol. The van der Waals surface area contributed by atoms with E-state index in [0.717, 1.165) is 63.8 Å². The van der Waals surface area contributed by atoms with Gasteiger partial charge in [0.05, 0.1) is 5.60 Å². The Hall–Kier alpha value is -1.59. The van der Waals surface area contributed by atoms with Gasteiger partial charge in [0.15, 0.2) is 0 Å². The Morgan fingerprint density at radius 3 is 2.54 bits per heavy atom. The van der Waals surface area contributed by atoms with Crippen molar-refractivity contribution < 1.29 is 14.6 Å². The van der Waals surface area contributed by atoms with Gasteiger partial charge in [0.1, 0.15) is 6.61 Å². The van der Waals surface area contributed by atoms with Gasteiger partial charge in [-0.25, -0.2) is 4.79 Å². The van der Waals surface area contributed by atoms with E-state index in [1.807, 2.05) is 30.3 Å². The average molecular weight is 332 g/mol. The standard InChI is InChI=1S/C19H28N2O3/c22-18(24-15-17-4-2-1-3-5-17)21-12-6-16(7-13-21)14-19(23)8-10-20-11-9-19/h1-5,16,20,23H,6-15H2. The van der Waals surface area contributed by atoms with E-state index in [-0.39, 0.29) is 6.09 Å². The van der Waals surface area contributed by atoms with Gasteiger partial charge in [-0.1, -0.05) is 30.3 Å². The molecular formula is C19H28N2O3. The van der Waals surface area contributed by atoms with Crippen molar-refractivity contribution in [2.24, 2.45) is 5.92 Å². The Morgan fingerprint density at radius 2 is 1.88 bits per heavy atom. The van der Waals surface area contributed by atoms with Crippen LogP contribution >= 0.6 is 0 Å². The lowest BCUT2D eigenvalue weighted by atomic mass is 9.80. The van der Waals surface area contributed by atoms with Crippen LogP contribution in [0.4, 0.5) is 4.79 Å². The lowest BCUT2D eigenvalue weighted by Gasteiger charge is -2.38. The van der Waals surface area contributed by atoms with Crippen LogP contribution in [0, 0.1) is 5.92 Å². The number of nitrogens with one attached hydrogen (secondary N) is 1. The molecule has 2 aliphatic heterocycles. The zero-order valence-electron chi connectivity index (χ0n) is 14.2. The van der Waals surface area contributed by atoms with E-state index in [4.69, 9.17) is 4.74 Å². The normalized spacial score (nSPS) is 21.5. The molecule has 2 N–H and O–H groups in total. The number of carbonyl (C=O) groups is 1. The van der Waals surface area contributed by atoms with Crippen molar-refractivity contribution >= 4 is 6.09 Å². The van der Waals surface area contributed by atoms with E-state index in [1.54, 1.807) is 4.90 Å². The van der Waals surface area contributed by atoms with Crippen molar-refractivity contribution in [2.75, 3.05) is 26.2 Å². The highest BCUT2D eigenvalue weighted by Gasteiger charge is 2.34. The minimum absolute atomic E-state index is 0.224. The summed E-state index contributed by atoms with van der Waals surface area (Å²) < 4.78 is 5.40. The van der Waals surface area contributed by atoms with Crippen molar-refractivity contribution in [3.05, 3.63) is 35.9 Å². The maximum atomic E-state index is 12.2. The second-order valence-corrected chi connectivity index (χ2v) is 7.15. The van der Waals surface area contributed by atoms with Crippen LogP contribution in [0.2, 0.25) is 0 Å². The predicted octanol–water partition coefficient (Wildman–Crippen LogP) is 2.54. The molecule has 1 aromatic carbocycles. The number of amides is 1. The second-order valence-electron chi connectivity index (χ2n) is 7.15. The number of rotatable bonds is 4. The number of benzene rings is 1. The molecule has 0 bridgehead atoms. The summed E-state index contributed by atoms with van der Waals surface area (Å²) in [7, 11) is 0. The van der Waals surface area contributed by atoms with Gasteiger partial charge in [-0.15, -0.1) is 0 Å². The summed E-state index contributed by atoms with van der Waals surface area (Å²) in [6.45, 7) is 3.59. The molecule has 2 heterocycles. The van der Waals surface area contributed by atoms with Gasteiger partial charge in [0, 0.05) is 13.1 Å². The van der Waals surface area contributed by atoms with Gasteiger partial charge in [-0.3, -0.25) is 0 Å². The fraction of sp³-hybridized carbons (Fsp3) is 0.632. The number of hydrogen-bond donors (Lipinski definition) is 2. The van der Waals surface area contributed by atoms with Crippen molar-refractivity contribution in [3.8, 4) is 0 Å². The molecule has 3 rings (SSSR count). The van der Waals surface area contributed by atoms with Crippen LogP contribution in [0.1, 0.15) is 37.7 Å². The highest BCUT2D eigenvalue weighted by atomic mass is 16.6. The minimum atomic E-state index is -0.508. The van der Waals surface area contributed by atoms with E-state index in [9.17, 15) is 9.90 Å². The van der Waals surface area contributed by atoms with E-state index in [2.05, 4.69) is 5.32 Å². The molecule has 0 radical (unpaired) electrons. The Labute approximate surface area is 144 Å². The summed E-state index contributed by atoms with van der Waals surface area (Å²) in [6, 6.07) is 9.76. The van der Waals surface area contributed by atoms with Crippen molar-refractivity contribution in [3.63, 3.8) is 0 Å². The SMILES string of the molecule is O=C(OCc1ccccc1)N1CCC(CC2(O)CCNCC2)CC1. The fourth-order valence-electron chi connectivity index (χ4n) is 3.76. The summed E-state index contributed by atoms with van der Waals surface area (Å²) in [6.07, 6.45) is 4.23. The first kappa shape index (κ1) is 17.2. The quantitative estimate of drug-likeness (QED) is 0.889. The van der Waals surface area contributed by atoms with Gasteiger partial charge < -0.3 is 20.1 Å². The summed E-state index contributed by atoms with van der Waals surface area (Å²) >= 11 is 0. The molecule has 132 valence electrons. The van der Waals surface area contributed by atoms with Crippen LogP contribution in [0.3, 0.4) is 0 Å². The largest absolute Gasteiger partial charge is 0.445 e. The number of ether oxygens (including phenoxy) is 1. The van der Waals surface area contributed by atoms with Crippen LogP contribution in [0.15, 0.2) is 30.3 Å². The van der Waals surface area contributed by atoms with Gasteiger partial charge in [-0.2, -0.15) is 0 Å². The average Bonchev–Trinajstić information content (AvgIpc) is 2.61. The number of nitrogens with zero attached hydrogens (tertiary/aromatic N) is 1. The van der Waals surface area contributed by atoms with Crippen LogP contribution in [0.5, 0.6) is 0 Å². The van der Waals surface area contributed by atoms with Gasteiger partial charge >= 0.3 is 6.09 Å². The third-order valence-electron chi connectivity index (χ3n) is 5.28. The second kappa shape index (κ2) is 7.99. The maximum Gasteiger partial charge on any atom is 0.410 e. The maximum absolute atomic E-state index is 12.2. The molecule has 0 aromatic heterocycles. The summed E-state index contributed by atoms with van der Waals surface area (Å²) in [5, 5.41) is 14.0. The Kier molecular flexibility index (Phi) is 5.74. The van der Waals surface area contributed by atoms with Crippen LogP contribution in [0.25, 0.3) is 0 Å². The van der Waals surface area contributed by atoms with Crippen LogP contribution in [-0.2, 0) is 11.3 Å². The topological polar surface area (TPSA) is 61.8 Å². The highest BCUT2D eigenvalue weighted by molar-refractivity contribution is 5.67. The molecule has 0 spiro atoms. The first-order chi connectivity index (χ1) is 11.6. The number of aliphatic hydroxyl groups is 1. The minimum Gasteiger partial charge on any atom is -0.445 e. The molecule has 1 amide bonds. The Bertz CT molecular complexity index is 521. The number of hydrogen-bond acceptors (Lipinski definition) is 4. The van der Waals surface area contributed by atoms with Crippen LogP contribution in [-0.4, -0.2) is 47.9 Å². The first-order valence-electron chi connectivity index (χ1n) is 9.03. The number of likely N-dealkylation sites (tertiary alicyclic amines) is 1. The number of carbonyl (C=O) groups excluding carboxylic acids is 1. The fourth-order valence-corrected chi connectivity index (χ4v) is 3.76. The first-order valence-corrected chi connectivity index (χ1v) is 9.03. The summed E-state index contributed by atoms with van der Waals surface area (Å²) in [5.74, 6) is 0.506. The Morgan fingerprint density at radius 1 is 1.21 bits per heavy atom. The zero-order valence-corrected chi connectivity index (χ0v) is 14.2. The summed E-state index contributed by atoms with van der Waals surface area (Å²) in [4.78, 5) is 14.0. The van der Waals surface area contributed by atoms with E-state index in [1.165, 1.54) is 0 Å². The van der Waals surface area contributed by atoms with Gasteiger partial charge in [0.25, 0.3) is 0 Å². The molecule has 0 atom stereocenters. The molecule has 1 aromatic rings. The summed E-state index contributed by atoms with van der Waals surface area (Å²) in [5.41, 5.74) is 0.500. The molecule has 0 unspecified atom stereocenters. The van der Waals surface area contributed by atoms with Crippen molar-refractivity contribution in [2.45, 2.75) is 44.3 Å². The molecular weight excluding hydrogens is 304 g/mol. The van der Waals surface area contributed by atoms with Crippen LogP contribution < -0.4 is 5.32 Å². The van der Waals surface area contributed by atoms with Crippen molar-refractivity contribution in [1.29, 1.82) is 0 Å². The molecule has 2 saturated heterocycles. The molecule has 5 nitrogen and oxygen atoms in total. The van der Waals surface area contributed by atoms with E-state index >= 15 is 0 Å². The third kappa shape index (κ3) is 4.71. The molecule has 5 heteroatoms. The monoisotopic (exact) mass is 332 g/mol. The third-order valence-corrected chi connectivity index (χ3v) is 5.28. The van der Waals surface area contributed by atoms with Gasteiger partial charge in [-0.05, 0) is 56.7 Å². The molecule has 24 heavy (non-hydrogen) atoms. The highest BCUT2D eigenvalue weighted by Crippen LogP contribution is 2.31. The lowest BCUT2D eigenvalue weighted by Crippen LogP contribution is -2.45. The molecule has 2 fully saturated rings. The zero-order chi connectivity index (χ0) is 16.8. The lowest BCUT2D eigenvalue weighted by molar-refractivity contribution is -0.0197. The number of piperidine rings is 2. The molecule has 0 aliphatic carbocycles. The Balaban J connectivity index is 1.40. The molecule has 2 aliphatic rings. The molecule has 0 saturated carbocycles. The van der Waals surface area contributed by atoms with E-state index < -0.39 is 5.60 Å².